The van der Waals surface area contributed by atoms with E-state index in [1.807, 2.05) is 23.7 Å². The summed E-state index contributed by atoms with van der Waals surface area (Å²) in [5, 5.41) is 1.27. The lowest BCUT2D eigenvalue weighted by Crippen LogP contribution is -2.25. The molecule has 0 aliphatic heterocycles. The number of hydrogen-bond donors (Lipinski definition) is 1. The van der Waals surface area contributed by atoms with E-state index in [0.717, 1.165) is 12.1 Å². The lowest BCUT2D eigenvalue weighted by atomic mass is 9.79. The predicted molar refractivity (Wildman–Crippen MR) is 71.2 cm³/mol. The van der Waals surface area contributed by atoms with Crippen molar-refractivity contribution in [2.24, 2.45) is 11.7 Å². The fourth-order valence-electron chi connectivity index (χ4n) is 2.77. The van der Waals surface area contributed by atoms with Gasteiger partial charge < -0.3 is 5.73 Å². The van der Waals surface area contributed by atoms with Gasteiger partial charge in [0.2, 0.25) is 0 Å². The van der Waals surface area contributed by atoms with Crippen molar-refractivity contribution in [2.75, 3.05) is 6.54 Å². The van der Waals surface area contributed by atoms with Gasteiger partial charge in [-0.1, -0.05) is 12.8 Å². The van der Waals surface area contributed by atoms with Crippen LogP contribution in [0.5, 0.6) is 0 Å². The van der Waals surface area contributed by atoms with Gasteiger partial charge in [0.15, 0.2) is 0 Å². The lowest BCUT2D eigenvalue weighted by molar-refractivity contribution is 0.314. The van der Waals surface area contributed by atoms with Gasteiger partial charge in [0.25, 0.3) is 0 Å². The predicted octanol–water partition coefficient (Wildman–Crippen LogP) is 2.92. The van der Waals surface area contributed by atoms with E-state index in [9.17, 15) is 0 Å². The molecule has 90 valence electrons. The van der Waals surface area contributed by atoms with Crippen LogP contribution in [0.3, 0.4) is 0 Å². The molecule has 1 saturated carbocycles. The van der Waals surface area contributed by atoms with Gasteiger partial charge in [0.05, 0.1) is 21.4 Å². The van der Waals surface area contributed by atoms with Crippen molar-refractivity contribution in [1.82, 2.24) is 9.97 Å². The van der Waals surface area contributed by atoms with Gasteiger partial charge in [-0.2, -0.15) is 0 Å². The van der Waals surface area contributed by atoms with Crippen LogP contribution in [-0.2, 0) is 0 Å². The van der Waals surface area contributed by atoms with Crippen LogP contribution in [0.2, 0.25) is 0 Å². The minimum Gasteiger partial charge on any atom is -0.330 e. The highest BCUT2D eigenvalue weighted by molar-refractivity contribution is 7.18. The molecule has 1 aliphatic rings. The van der Waals surface area contributed by atoms with Crippen LogP contribution in [0.25, 0.3) is 10.2 Å². The number of aromatic nitrogens is 2. The van der Waals surface area contributed by atoms with Crippen molar-refractivity contribution in [2.45, 2.75) is 31.6 Å². The number of nitrogens with zero attached hydrogens (tertiary/aromatic N) is 2. The van der Waals surface area contributed by atoms with E-state index in [-0.39, 0.29) is 0 Å². The SMILES string of the molecule is NCC1CCCCC1c1nc2cnccc2s1. The Bertz CT molecular complexity index is 475. The average Bonchev–Trinajstić information content (AvgIpc) is 2.82. The first-order valence-electron chi connectivity index (χ1n) is 6.29. The molecule has 2 atom stereocenters. The summed E-state index contributed by atoms with van der Waals surface area (Å²) in [7, 11) is 0. The van der Waals surface area contributed by atoms with Crippen molar-refractivity contribution in [3.8, 4) is 0 Å². The minimum atomic E-state index is 0.575. The molecule has 2 heterocycles. The fraction of sp³-hybridized carbons (Fsp3) is 0.538. The third-order valence-corrected chi connectivity index (χ3v) is 4.90. The molecule has 3 rings (SSSR count). The van der Waals surface area contributed by atoms with E-state index in [0.29, 0.717) is 11.8 Å². The number of pyridine rings is 1. The van der Waals surface area contributed by atoms with Crippen LogP contribution in [0.4, 0.5) is 0 Å². The van der Waals surface area contributed by atoms with Crippen molar-refractivity contribution >= 4 is 21.6 Å². The van der Waals surface area contributed by atoms with Gasteiger partial charge in [-0.3, -0.25) is 4.98 Å². The highest BCUT2D eigenvalue weighted by Gasteiger charge is 2.27. The van der Waals surface area contributed by atoms with Gasteiger partial charge in [-0.15, -0.1) is 11.3 Å². The van der Waals surface area contributed by atoms with Crippen LogP contribution in [0.1, 0.15) is 36.6 Å². The standard InChI is InChI=1S/C13H17N3S/c14-7-9-3-1-2-4-10(9)13-16-11-8-15-6-5-12(11)17-13/h5-6,8-10H,1-4,7,14H2. The Morgan fingerprint density at radius 3 is 3.06 bits per heavy atom. The van der Waals surface area contributed by atoms with Gasteiger partial charge >= 0.3 is 0 Å². The summed E-state index contributed by atoms with van der Waals surface area (Å²) in [6, 6.07) is 2.05. The van der Waals surface area contributed by atoms with E-state index in [4.69, 9.17) is 10.7 Å². The zero-order chi connectivity index (χ0) is 11.7. The summed E-state index contributed by atoms with van der Waals surface area (Å²) in [5.41, 5.74) is 6.93. The Hall–Kier alpha value is -1.00. The van der Waals surface area contributed by atoms with Crippen LogP contribution in [-0.4, -0.2) is 16.5 Å². The minimum absolute atomic E-state index is 0.575. The van der Waals surface area contributed by atoms with Gasteiger partial charge in [0, 0.05) is 12.1 Å². The molecular weight excluding hydrogens is 230 g/mol. The molecule has 0 amide bonds. The second kappa shape index (κ2) is 4.70. The number of rotatable bonds is 2. The summed E-state index contributed by atoms with van der Waals surface area (Å²) >= 11 is 1.82. The van der Waals surface area contributed by atoms with Crippen molar-refractivity contribution < 1.29 is 0 Å². The Balaban J connectivity index is 1.96. The molecular formula is C13H17N3S. The third kappa shape index (κ3) is 2.07. The van der Waals surface area contributed by atoms with Crippen LogP contribution in [0.15, 0.2) is 18.5 Å². The zero-order valence-electron chi connectivity index (χ0n) is 9.80. The molecule has 0 aromatic carbocycles. The van der Waals surface area contributed by atoms with E-state index in [1.165, 1.54) is 35.4 Å². The van der Waals surface area contributed by atoms with Crippen LogP contribution < -0.4 is 5.73 Å². The van der Waals surface area contributed by atoms with Gasteiger partial charge in [0.1, 0.15) is 0 Å². The summed E-state index contributed by atoms with van der Waals surface area (Å²) in [6.07, 6.45) is 8.84. The molecule has 2 unspecified atom stereocenters. The molecule has 2 aromatic heterocycles. The highest BCUT2D eigenvalue weighted by Crippen LogP contribution is 2.40. The highest BCUT2D eigenvalue weighted by atomic mass is 32.1. The molecule has 0 radical (unpaired) electrons. The number of thiazole rings is 1. The first-order valence-corrected chi connectivity index (χ1v) is 7.10. The summed E-state index contributed by atoms with van der Waals surface area (Å²) < 4.78 is 1.25. The number of fused-ring (bicyclic) bond motifs is 1. The molecule has 1 aliphatic carbocycles. The maximum absolute atomic E-state index is 5.89. The Morgan fingerprint density at radius 2 is 2.24 bits per heavy atom. The molecule has 1 fully saturated rings. The molecule has 0 saturated heterocycles. The average molecular weight is 247 g/mol. The van der Waals surface area contributed by atoms with Crippen LogP contribution in [0, 0.1) is 5.92 Å². The van der Waals surface area contributed by atoms with Gasteiger partial charge in [-0.25, -0.2) is 4.98 Å². The van der Waals surface area contributed by atoms with E-state index < -0.39 is 0 Å². The number of hydrogen-bond acceptors (Lipinski definition) is 4. The van der Waals surface area contributed by atoms with Gasteiger partial charge in [-0.05, 0) is 31.4 Å². The molecule has 17 heavy (non-hydrogen) atoms. The summed E-state index contributed by atoms with van der Waals surface area (Å²) in [6.45, 7) is 0.791. The third-order valence-electron chi connectivity index (χ3n) is 3.74. The largest absolute Gasteiger partial charge is 0.330 e. The normalized spacial score (nSPS) is 25.2. The Labute approximate surface area is 105 Å². The Kier molecular flexibility index (Phi) is 3.07. The van der Waals surface area contributed by atoms with Crippen molar-refractivity contribution in [1.29, 1.82) is 0 Å². The molecule has 2 aromatic rings. The maximum Gasteiger partial charge on any atom is 0.0998 e. The molecule has 4 heteroatoms. The molecule has 0 bridgehead atoms. The topological polar surface area (TPSA) is 51.8 Å². The summed E-state index contributed by atoms with van der Waals surface area (Å²) in [5.74, 6) is 1.20. The second-order valence-electron chi connectivity index (χ2n) is 4.78. The quantitative estimate of drug-likeness (QED) is 0.887. The fourth-order valence-corrected chi connectivity index (χ4v) is 3.93. The van der Waals surface area contributed by atoms with Crippen molar-refractivity contribution in [3.05, 3.63) is 23.5 Å². The summed E-state index contributed by atoms with van der Waals surface area (Å²) in [4.78, 5) is 8.87. The van der Waals surface area contributed by atoms with E-state index in [2.05, 4.69) is 11.1 Å². The first-order chi connectivity index (χ1) is 8.38. The second-order valence-corrected chi connectivity index (χ2v) is 5.84. The first kappa shape index (κ1) is 11.1. The number of nitrogens with two attached hydrogens (primary N) is 1. The molecule has 3 nitrogen and oxygen atoms in total. The Morgan fingerprint density at radius 1 is 1.35 bits per heavy atom. The maximum atomic E-state index is 5.89. The molecule has 0 spiro atoms. The van der Waals surface area contributed by atoms with Crippen LogP contribution >= 0.6 is 11.3 Å². The molecule has 2 N–H and O–H groups in total. The lowest BCUT2D eigenvalue weighted by Gasteiger charge is -2.28. The zero-order valence-corrected chi connectivity index (χ0v) is 10.6. The monoisotopic (exact) mass is 247 g/mol. The smallest absolute Gasteiger partial charge is 0.0998 e. The van der Waals surface area contributed by atoms with E-state index in [1.54, 1.807) is 0 Å². The van der Waals surface area contributed by atoms with Crippen molar-refractivity contribution in [3.63, 3.8) is 0 Å². The van der Waals surface area contributed by atoms with E-state index >= 15 is 0 Å².